The van der Waals surface area contributed by atoms with Crippen LogP contribution in [0.15, 0.2) is 0 Å². The zero-order valence-corrected chi connectivity index (χ0v) is 6.22. The fourth-order valence-corrected chi connectivity index (χ4v) is 1.20. The molecule has 0 aliphatic carbocycles. The molecule has 1 heterocycles. The van der Waals surface area contributed by atoms with E-state index in [1.807, 2.05) is 0 Å². The molecule has 1 aliphatic rings. The Morgan fingerprint density at radius 3 is 3.00 bits per heavy atom. The molecule has 1 unspecified atom stereocenters. The fraction of sp³-hybridized carbons (Fsp3) is 0.750. The first-order valence-electron chi connectivity index (χ1n) is 3.44. The lowest BCUT2D eigenvalue weighted by Gasteiger charge is -2.19. The van der Waals surface area contributed by atoms with Crippen LogP contribution in [0.4, 0.5) is 0 Å². The van der Waals surface area contributed by atoms with E-state index in [2.05, 4.69) is 5.92 Å². The van der Waals surface area contributed by atoms with Gasteiger partial charge < -0.3 is 9.47 Å². The second-order valence-corrected chi connectivity index (χ2v) is 2.52. The van der Waals surface area contributed by atoms with Gasteiger partial charge in [0.15, 0.2) is 5.60 Å². The molecule has 2 heteroatoms. The van der Waals surface area contributed by atoms with Crippen molar-refractivity contribution >= 4 is 0 Å². The van der Waals surface area contributed by atoms with E-state index in [1.54, 1.807) is 7.11 Å². The third kappa shape index (κ3) is 1.31. The third-order valence-electron chi connectivity index (χ3n) is 1.74. The van der Waals surface area contributed by atoms with E-state index in [0.29, 0.717) is 6.61 Å². The van der Waals surface area contributed by atoms with Crippen molar-refractivity contribution in [3.8, 4) is 12.3 Å². The van der Waals surface area contributed by atoms with Crippen molar-refractivity contribution < 1.29 is 9.47 Å². The molecule has 0 aromatic heterocycles. The summed E-state index contributed by atoms with van der Waals surface area (Å²) < 4.78 is 10.3. The average molecular weight is 140 g/mol. The van der Waals surface area contributed by atoms with Crippen molar-refractivity contribution in [1.82, 2.24) is 0 Å². The third-order valence-corrected chi connectivity index (χ3v) is 1.74. The average Bonchev–Trinajstić information content (AvgIpc) is 2.39. The molecule has 0 saturated carbocycles. The normalized spacial score (nSPS) is 32.0. The van der Waals surface area contributed by atoms with Gasteiger partial charge in [0.2, 0.25) is 0 Å². The van der Waals surface area contributed by atoms with Gasteiger partial charge in [-0.1, -0.05) is 5.92 Å². The summed E-state index contributed by atoms with van der Waals surface area (Å²) in [5.74, 6) is 2.63. The zero-order chi connectivity index (χ0) is 7.45. The van der Waals surface area contributed by atoms with Crippen molar-refractivity contribution in [2.45, 2.75) is 18.4 Å². The molecule has 0 bridgehead atoms. The van der Waals surface area contributed by atoms with Crippen LogP contribution in [-0.2, 0) is 9.47 Å². The standard InChI is InChI=1S/C8H12O2/c1-3-8(7-9-2)5-4-6-10-8/h1H,4-7H2,2H3. The van der Waals surface area contributed by atoms with Gasteiger partial charge in [0.05, 0.1) is 6.61 Å². The fourth-order valence-electron chi connectivity index (χ4n) is 1.20. The summed E-state index contributed by atoms with van der Waals surface area (Å²) in [5, 5.41) is 0. The molecular weight excluding hydrogens is 128 g/mol. The number of ether oxygens (including phenoxy) is 2. The summed E-state index contributed by atoms with van der Waals surface area (Å²) in [5.41, 5.74) is -0.408. The maximum absolute atomic E-state index is 5.37. The van der Waals surface area contributed by atoms with Crippen LogP contribution >= 0.6 is 0 Å². The predicted octanol–water partition coefficient (Wildman–Crippen LogP) is 0.815. The monoisotopic (exact) mass is 140 g/mol. The Morgan fingerprint density at radius 1 is 1.80 bits per heavy atom. The lowest BCUT2D eigenvalue weighted by Crippen LogP contribution is -2.31. The minimum Gasteiger partial charge on any atom is -0.381 e. The van der Waals surface area contributed by atoms with Crippen molar-refractivity contribution in [3.05, 3.63) is 0 Å². The van der Waals surface area contributed by atoms with E-state index in [9.17, 15) is 0 Å². The molecular formula is C8H12O2. The van der Waals surface area contributed by atoms with Crippen LogP contribution in [-0.4, -0.2) is 25.9 Å². The highest BCUT2D eigenvalue weighted by Gasteiger charge is 2.32. The van der Waals surface area contributed by atoms with Gasteiger partial charge in [0, 0.05) is 13.7 Å². The summed E-state index contributed by atoms with van der Waals surface area (Å²) in [6, 6.07) is 0. The molecule has 0 aromatic carbocycles. The van der Waals surface area contributed by atoms with Crippen molar-refractivity contribution in [2.75, 3.05) is 20.3 Å². The Bertz CT molecular complexity index is 140. The van der Waals surface area contributed by atoms with Crippen LogP contribution in [0.1, 0.15) is 12.8 Å². The largest absolute Gasteiger partial charge is 0.381 e. The molecule has 56 valence electrons. The highest BCUT2D eigenvalue weighted by molar-refractivity contribution is 5.10. The second kappa shape index (κ2) is 3.05. The van der Waals surface area contributed by atoms with Crippen LogP contribution in [0, 0.1) is 12.3 Å². The van der Waals surface area contributed by atoms with Gasteiger partial charge in [-0.2, -0.15) is 0 Å². The molecule has 0 N–H and O–H groups in total. The molecule has 0 spiro atoms. The summed E-state index contributed by atoms with van der Waals surface area (Å²) in [6.45, 7) is 1.29. The molecule has 0 radical (unpaired) electrons. The lowest BCUT2D eigenvalue weighted by molar-refractivity contribution is -0.00992. The number of methoxy groups -OCH3 is 1. The lowest BCUT2D eigenvalue weighted by atomic mass is 10.0. The number of hydrogen-bond acceptors (Lipinski definition) is 2. The van der Waals surface area contributed by atoms with Crippen LogP contribution < -0.4 is 0 Å². The first kappa shape index (κ1) is 7.59. The molecule has 10 heavy (non-hydrogen) atoms. The summed E-state index contributed by atoms with van der Waals surface area (Å²) in [7, 11) is 1.64. The molecule has 1 aliphatic heterocycles. The minimum absolute atomic E-state index is 0.408. The second-order valence-electron chi connectivity index (χ2n) is 2.52. The van der Waals surface area contributed by atoms with E-state index >= 15 is 0 Å². The molecule has 1 fully saturated rings. The Balaban J connectivity index is 2.51. The Morgan fingerprint density at radius 2 is 2.60 bits per heavy atom. The van der Waals surface area contributed by atoms with Crippen LogP contribution in [0.25, 0.3) is 0 Å². The van der Waals surface area contributed by atoms with Crippen LogP contribution in [0.3, 0.4) is 0 Å². The molecule has 1 rings (SSSR count). The molecule has 1 atom stereocenters. The van der Waals surface area contributed by atoms with Gasteiger partial charge in [0.25, 0.3) is 0 Å². The molecule has 2 nitrogen and oxygen atoms in total. The van der Waals surface area contributed by atoms with Gasteiger partial charge in [0.1, 0.15) is 0 Å². The zero-order valence-electron chi connectivity index (χ0n) is 6.22. The van der Waals surface area contributed by atoms with Crippen molar-refractivity contribution in [3.63, 3.8) is 0 Å². The Hall–Kier alpha value is -0.520. The smallest absolute Gasteiger partial charge is 0.151 e. The van der Waals surface area contributed by atoms with Crippen molar-refractivity contribution in [1.29, 1.82) is 0 Å². The molecule has 1 saturated heterocycles. The van der Waals surface area contributed by atoms with E-state index in [-0.39, 0.29) is 0 Å². The van der Waals surface area contributed by atoms with Gasteiger partial charge in [-0.15, -0.1) is 6.42 Å². The van der Waals surface area contributed by atoms with Gasteiger partial charge >= 0.3 is 0 Å². The first-order chi connectivity index (χ1) is 4.83. The van der Waals surface area contributed by atoms with Crippen LogP contribution in [0.2, 0.25) is 0 Å². The van der Waals surface area contributed by atoms with Crippen molar-refractivity contribution in [2.24, 2.45) is 0 Å². The quantitative estimate of drug-likeness (QED) is 0.528. The predicted molar refractivity (Wildman–Crippen MR) is 38.6 cm³/mol. The maximum Gasteiger partial charge on any atom is 0.151 e. The van der Waals surface area contributed by atoms with E-state index < -0.39 is 5.60 Å². The maximum atomic E-state index is 5.37. The number of rotatable bonds is 2. The minimum atomic E-state index is -0.408. The summed E-state index contributed by atoms with van der Waals surface area (Å²) in [4.78, 5) is 0. The van der Waals surface area contributed by atoms with E-state index in [1.165, 1.54) is 0 Å². The topological polar surface area (TPSA) is 18.5 Å². The van der Waals surface area contributed by atoms with Gasteiger partial charge in [-0.3, -0.25) is 0 Å². The van der Waals surface area contributed by atoms with E-state index in [0.717, 1.165) is 19.4 Å². The highest BCUT2D eigenvalue weighted by atomic mass is 16.5. The van der Waals surface area contributed by atoms with Gasteiger partial charge in [-0.05, 0) is 12.8 Å². The Labute approximate surface area is 61.5 Å². The summed E-state index contributed by atoms with van der Waals surface area (Å²) in [6.07, 6.45) is 7.28. The SMILES string of the molecule is C#CC1(COC)CCCO1. The first-order valence-corrected chi connectivity index (χ1v) is 3.44. The summed E-state index contributed by atoms with van der Waals surface area (Å²) >= 11 is 0. The van der Waals surface area contributed by atoms with Crippen LogP contribution in [0.5, 0.6) is 0 Å². The van der Waals surface area contributed by atoms with Gasteiger partial charge in [-0.25, -0.2) is 0 Å². The molecule has 0 amide bonds. The number of terminal acetylenes is 1. The Kier molecular flexibility index (Phi) is 2.31. The molecule has 0 aromatic rings. The number of hydrogen-bond donors (Lipinski definition) is 0. The highest BCUT2D eigenvalue weighted by Crippen LogP contribution is 2.24. The van der Waals surface area contributed by atoms with E-state index in [4.69, 9.17) is 15.9 Å².